The number of anilines is 2. The zero-order valence-electron chi connectivity index (χ0n) is 10.3. The van der Waals surface area contributed by atoms with Gasteiger partial charge in [0.15, 0.2) is 0 Å². The van der Waals surface area contributed by atoms with Gasteiger partial charge in [-0.15, -0.1) is 5.10 Å². The Morgan fingerprint density at radius 2 is 2.17 bits per heavy atom. The highest BCUT2D eigenvalue weighted by Crippen LogP contribution is 2.18. The fourth-order valence-electron chi connectivity index (χ4n) is 1.40. The molecule has 0 radical (unpaired) electrons. The first-order valence-corrected chi connectivity index (χ1v) is 5.75. The van der Waals surface area contributed by atoms with Gasteiger partial charge in [0.2, 0.25) is 5.89 Å². The molecule has 96 valence electrons. The normalized spacial score (nSPS) is 10.6. The summed E-state index contributed by atoms with van der Waals surface area (Å²) in [5.41, 5.74) is 1.18. The van der Waals surface area contributed by atoms with Crippen LogP contribution in [-0.2, 0) is 6.54 Å². The Bertz CT molecular complexity index is 527. The molecular formula is C12H15FN4O. The molecule has 1 aromatic carbocycles. The van der Waals surface area contributed by atoms with Crippen molar-refractivity contribution in [2.45, 2.75) is 20.4 Å². The van der Waals surface area contributed by atoms with Crippen LogP contribution < -0.4 is 10.6 Å². The third-order valence-corrected chi connectivity index (χ3v) is 2.42. The first-order valence-electron chi connectivity index (χ1n) is 5.75. The fourth-order valence-corrected chi connectivity index (χ4v) is 1.40. The number of halogens is 1. The van der Waals surface area contributed by atoms with Crippen LogP contribution >= 0.6 is 0 Å². The van der Waals surface area contributed by atoms with Crippen molar-refractivity contribution in [3.05, 3.63) is 35.5 Å². The predicted octanol–water partition coefficient (Wildman–Crippen LogP) is 2.37. The van der Waals surface area contributed by atoms with E-state index >= 15 is 0 Å². The van der Waals surface area contributed by atoms with Crippen molar-refractivity contribution in [1.29, 1.82) is 0 Å². The second-order valence-electron chi connectivity index (χ2n) is 3.87. The van der Waals surface area contributed by atoms with Crippen LogP contribution in [-0.4, -0.2) is 16.7 Å². The van der Waals surface area contributed by atoms with Crippen LogP contribution in [0.2, 0.25) is 0 Å². The van der Waals surface area contributed by atoms with Gasteiger partial charge < -0.3 is 15.1 Å². The van der Waals surface area contributed by atoms with Crippen LogP contribution in [0.25, 0.3) is 0 Å². The highest BCUT2D eigenvalue weighted by atomic mass is 19.1. The van der Waals surface area contributed by atoms with Gasteiger partial charge in [-0.1, -0.05) is 18.1 Å². The number of hydrogen-bond donors (Lipinski definition) is 2. The molecule has 2 N–H and O–H groups in total. The molecule has 1 aromatic heterocycles. The van der Waals surface area contributed by atoms with Gasteiger partial charge in [0.05, 0.1) is 6.54 Å². The van der Waals surface area contributed by atoms with Gasteiger partial charge in [0.1, 0.15) is 5.82 Å². The molecule has 0 atom stereocenters. The molecule has 2 rings (SSSR count). The van der Waals surface area contributed by atoms with Gasteiger partial charge in [-0.25, -0.2) is 4.39 Å². The maximum absolute atomic E-state index is 13.3. The van der Waals surface area contributed by atoms with Crippen LogP contribution in [0.5, 0.6) is 0 Å². The summed E-state index contributed by atoms with van der Waals surface area (Å²) < 4.78 is 18.7. The summed E-state index contributed by atoms with van der Waals surface area (Å²) in [6, 6.07) is 5.09. The van der Waals surface area contributed by atoms with Gasteiger partial charge in [-0.3, -0.25) is 0 Å². The summed E-state index contributed by atoms with van der Waals surface area (Å²) in [7, 11) is 0. The monoisotopic (exact) mass is 250 g/mol. The van der Waals surface area contributed by atoms with Crippen molar-refractivity contribution >= 4 is 11.7 Å². The number of nitrogens with zero attached hydrogens (tertiary/aromatic N) is 2. The molecule has 1 heterocycles. The Labute approximate surface area is 104 Å². The van der Waals surface area contributed by atoms with E-state index in [0.717, 1.165) is 6.54 Å². The summed E-state index contributed by atoms with van der Waals surface area (Å²) >= 11 is 0. The number of aryl methyl sites for hydroxylation is 1. The van der Waals surface area contributed by atoms with E-state index < -0.39 is 0 Å². The van der Waals surface area contributed by atoms with E-state index in [0.29, 0.717) is 23.7 Å². The van der Waals surface area contributed by atoms with Gasteiger partial charge in [0.25, 0.3) is 0 Å². The first kappa shape index (κ1) is 12.5. The van der Waals surface area contributed by atoms with Crippen LogP contribution in [0.3, 0.4) is 0 Å². The Morgan fingerprint density at radius 3 is 2.89 bits per heavy atom. The number of aromatic nitrogens is 2. The molecule has 0 aliphatic rings. The molecule has 2 aromatic rings. The number of rotatable bonds is 5. The Morgan fingerprint density at radius 1 is 1.33 bits per heavy atom. The molecule has 18 heavy (non-hydrogen) atoms. The molecular weight excluding hydrogens is 235 g/mol. The van der Waals surface area contributed by atoms with E-state index in [1.165, 1.54) is 6.07 Å². The van der Waals surface area contributed by atoms with E-state index in [2.05, 4.69) is 20.8 Å². The predicted molar refractivity (Wildman–Crippen MR) is 66.1 cm³/mol. The zero-order chi connectivity index (χ0) is 13.0. The lowest BCUT2D eigenvalue weighted by atomic mass is 10.2. The average molecular weight is 250 g/mol. The molecule has 0 aliphatic carbocycles. The third-order valence-electron chi connectivity index (χ3n) is 2.42. The molecule has 0 aliphatic heterocycles. The van der Waals surface area contributed by atoms with Crippen molar-refractivity contribution < 1.29 is 8.81 Å². The van der Waals surface area contributed by atoms with Gasteiger partial charge in [-0.05, 0) is 31.2 Å². The lowest BCUT2D eigenvalue weighted by Crippen LogP contribution is -2.11. The Kier molecular flexibility index (Phi) is 3.88. The minimum Gasteiger partial charge on any atom is -0.406 e. The molecule has 0 fully saturated rings. The maximum atomic E-state index is 13.3. The molecule has 0 bridgehead atoms. The molecule has 0 amide bonds. The summed E-state index contributed by atoms with van der Waals surface area (Å²) in [6.45, 7) is 5.05. The Hall–Kier alpha value is -1.95. The molecule has 0 saturated heterocycles. The molecule has 0 spiro atoms. The topological polar surface area (TPSA) is 63.0 Å². The Balaban J connectivity index is 2.04. The van der Waals surface area contributed by atoms with Crippen LogP contribution in [0.4, 0.5) is 16.1 Å². The highest BCUT2D eigenvalue weighted by molar-refractivity contribution is 5.52. The summed E-state index contributed by atoms with van der Waals surface area (Å²) in [6.07, 6.45) is 0. The first-order chi connectivity index (χ1) is 8.69. The van der Waals surface area contributed by atoms with Gasteiger partial charge >= 0.3 is 6.01 Å². The van der Waals surface area contributed by atoms with E-state index in [9.17, 15) is 4.39 Å². The van der Waals surface area contributed by atoms with Gasteiger partial charge in [-0.2, -0.15) is 0 Å². The molecule has 5 nitrogen and oxygen atoms in total. The second kappa shape index (κ2) is 5.59. The molecule has 0 unspecified atom stereocenters. The summed E-state index contributed by atoms with van der Waals surface area (Å²) in [5.74, 6) is 0.222. The lowest BCUT2D eigenvalue weighted by Gasteiger charge is -2.02. The second-order valence-corrected chi connectivity index (χ2v) is 3.87. The highest BCUT2D eigenvalue weighted by Gasteiger charge is 2.06. The van der Waals surface area contributed by atoms with E-state index in [4.69, 9.17) is 4.42 Å². The van der Waals surface area contributed by atoms with E-state index in [-0.39, 0.29) is 11.8 Å². The molecule has 6 heteroatoms. The zero-order valence-corrected chi connectivity index (χ0v) is 10.3. The SMILES string of the molecule is CCNCc1nnc(Nc2ccc(C)c(F)c2)o1. The maximum Gasteiger partial charge on any atom is 0.320 e. The summed E-state index contributed by atoms with van der Waals surface area (Å²) in [5, 5.41) is 13.6. The standard InChI is InChI=1S/C12H15FN4O/c1-3-14-7-11-16-17-12(18-11)15-9-5-4-8(2)10(13)6-9/h4-6,14H,3,7H2,1-2H3,(H,15,17). The van der Waals surface area contributed by atoms with Crippen LogP contribution in [0.15, 0.2) is 22.6 Å². The van der Waals surface area contributed by atoms with Crippen LogP contribution in [0.1, 0.15) is 18.4 Å². The van der Waals surface area contributed by atoms with Crippen molar-refractivity contribution in [2.24, 2.45) is 0 Å². The smallest absolute Gasteiger partial charge is 0.320 e. The van der Waals surface area contributed by atoms with Crippen LogP contribution in [0, 0.1) is 12.7 Å². The van der Waals surface area contributed by atoms with Gasteiger partial charge in [0, 0.05) is 5.69 Å². The number of hydrogen-bond acceptors (Lipinski definition) is 5. The lowest BCUT2D eigenvalue weighted by molar-refractivity contribution is 0.484. The van der Waals surface area contributed by atoms with E-state index in [1.807, 2.05) is 6.92 Å². The minimum atomic E-state index is -0.271. The van der Waals surface area contributed by atoms with Crippen molar-refractivity contribution in [2.75, 3.05) is 11.9 Å². The fraction of sp³-hybridized carbons (Fsp3) is 0.333. The van der Waals surface area contributed by atoms with Crippen molar-refractivity contribution in [3.8, 4) is 0 Å². The quantitative estimate of drug-likeness (QED) is 0.853. The van der Waals surface area contributed by atoms with Crippen molar-refractivity contribution in [1.82, 2.24) is 15.5 Å². The third kappa shape index (κ3) is 3.04. The minimum absolute atomic E-state index is 0.256. The summed E-state index contributed by atoms with van der Waals surface area (Å²) in [4.78, 5) is 0. The largest absolute Gasteiger partial charge is 0.406 e. The number of nitrogens with one attached hydrogen (secondary N) is 2. The molecule has 0 saturated carbocycles. The van der Waals surface area contributed by atoms with E-state index in [1.54, 1.807) is 19.1 Å². The number of benzene rings is 1. The van der Waals surface area contributed by atoms with Crippen molar-refractivity contribution in [3.63, 3.8) is 0 Å². The average Bonchev–Trinajstić information content (AvgIpc) is 2.79.